The molecule has 1 amide bonds. The summed E-state index contributed by atoms with van der Waals surface area (Å²) in [4.78, 5) is 26.3. The lowest BCUT2D eigenvalue weighted by atomic mass is 9.99. The van der Waals surface area contributed by atoms with Crippen LogP contribution in [-0.4, -0.2) is 26.0 Å². The summed E-state index contributed by atoms with van der Waals surface area (Å²) in [5.74, 6) is 0.333. The van der Waals surface area contributed by atoms with E-state index in [1.54, 1.807) is 38.2 Å². The first-order valence-electron chi connectivity index (χ1n) is 9.61. The van der Waals surface area contributed by atoms with E-state index in [0.29, 0.717) is 29.2 Å². The van der Waals surface area contributed by atoms with Gasteiger partial charge in [-0.3, -0.25) is 9.69 Å². The van der Waals surface area contributed by atoms with E-state index in [0.717, 1.165) is 11.1 Å². The number of nitrogens with zero attached hydrogens (tertiary/aromatic N) is 1. The molecule has 6 heteroatoms. The standard InChI is InChI=1S/C25H26ClNO4/c1-17-13-21(11-12-23(17)27(4)25(29)30-5)24(28)22(14-18(2)26)15-19(3)31-16-20-9-7-6-8-10-20/h6-15H,2,16H2,1,3-5H3/b19-15+,22-14+. The third kappa shape index (κ3) is 6.86. The first-order valence-corrected chi connectivity index (χ1v) is 9.99. The maximum atomic E-state index is 13.1. The molecule has 5 nitrogen and oxygen atoms in total. The summed E-state index contributed by atoms with van der Waals surface area (Å²) in [6.45, 7) is 7.65. The molecule has 0 bridgehead atoms. The second-order valence-electron chi connectivity index (χ2n) is 6.94. The number of Topliss-reactive ketones (excluding diaryl/α,β-unsaturated/α-hetero) is 1. The highest BCUT2D eigenvalue weighted by Crippen LogP contribution is 2.24. The van der Waals surface area contributed by atoms with E-state index < -0.39 is 6.09 Å². The van der Waals surface area contributed by atoms with Gasteiger partial charge in [0, 0.05) is 28.9 Å². The zero-order chi connectivity index (χ0) is 23.0. The first kappa shape index (κ1) is 24.0. The van der Waals surface area contributed by atoms with E-state index in [-0.39, 0.29) is 10.8 Å². The molecule has 0 unspecified atom stereocenters. The van der Waals surface area contributed by atoms with Crippen LogP contribution in [0.15, 0.2) is 83.6 Å². The minimum Gasteiger partial charge on any atom is -0.494 e. The van der Waals surface area contributed by atoms with Crippen LogP contribution in [-0.2, 0) is 16.1 Å². The van der Waals surface area contributed by atoms with Gasteiger partial charge in [-0.15, -0.1) is 0 Å². The van der Waals surface area contributed by atoms with Crippen molar-refractivity contribution in [2.75, 3.05) is 19.1 Å². The molecule has 0 aliphatic carbocycles. The number of benzene rings is 2. The largest absolute Gasteiger partial charge is 0.494 e. The van der Waals surface area contributed by atoms with Crippen molar-refractivity contribution in [1.82, 2.24) is 0 Å². The van der Waals surface area contributed by atoms with Gasteiger partial charge in [0.15, 0.2) is 5.78 Å². The molecule has 2 aromatic rings. The normalized spacial score (nSPS) is 11.6. The molecule has 0 radical (unpaired) electrons. The van der Waals surface area contributed by atoms with Crippen LogP contribution >= 0.6 is 11.6 Å². The number of hydrogen-bond donors (Lipinski definition) is 0. The van der Waals surface area contributed by atoms with Crippen molar-refractivity contribution in [1.29, 1.82) is 0 Å². The predicted octanol–water partition coefficient (Wildman–Crippen LogP) is 6.18. The molecule has 0 spiro atoms. The number of amides is 1. The van der Waals surface area contributed by atoms with Crippen molar-refractivity contribution in [3.8, 4) is 0 Å². The summed E-state index contributed by atoms with van der Waals surface area (Å²) in [5.41, 5.74) is 3.22. The van der Waals surface area contributed by atoms with Gasteiger partial charge in [0.2, 0.25) is 0 Å². The van der Waals surface area contributed by atoms with E-state index in [9.17, 15) is 9.59 Å². The summed E-state index contributed by atoms with van der Waals surface area (Å²) >= 11 is 5.96. The molecular weight excluding hydrogens is 414 g/mol. The van der Waals surface area contributed by atoms with E-state index >= 15 is 0 Å². The zero-order valence-electron chi connectivity index (χ0n) is 18.1. The Morgan fingerprint density at radius 2 is 1.81 bits per heavy atom. The van der Waals surface area contributed by atoms with E-state index in [1.807, 2.05) is 37.3 Å². The Hall–Kier alpha value is -3.31. The third-order valence-corrected chi connectivity index (χ3v) is 4.62. The van der Waals surface area contributed by atoms with Gasteiger partial charge in [0.25, 0.3) is 0 Å². The van der Waals surface area contributed by atoms with Gasteiger partial charge in [-0.05, 0) is 55.3 Å². The van der Waals surface area contributed by atoms with Crippen molar-refractivity contribution >= 4 is 29.2 Å². The number of hydrogen-bond acceptors (Lipinski definition) is 4. The number of methoxy groups -OCH3 is 1. The number of halogens is 1. The minimum atomic E-state index is -0.490. The average molecular weight is 440 g/mol. The van der Waals surface area contributed by atoms with Crippen molar-refractivity contribution in [3.63, 3.8) is 0 Å². The second-order valence-corrected chi connectivity index (χ2v) is 7.42. The highest BCUT2D eigenvalue weighted by molar-refractivity contribution is 6.31. The molecular formula is C25H26ClNO4. The lowest BCUT2D eigenvalue weighted by Crippen LogP contribution is -2.26. The van der Waals surface area contributed by atoms with Gasteiger partial charge in [-0.2, -0.15) is 0 Å². The summed E-state index contributed by atoms with van der Waals surface area (Å²) in [5, 5.41) is 0.231. The average Bonchev–Trinajstić information content (AvgIpc) is 2.76. The first-order chi connectivity index (χ1) is 14.7. The fraction of sp³-hybridized carbons (Fsp3) is 0.200. The lowest BCUT2D eigenvalue weighted by molar-refractivity contribution is 0.103. The smallest absolute Gasteiger partial charge is 0.413 e. The number of carbonyl (C=O) groups excluding carboxylic acids is 2. The fourth-order valence-electron chi connectivity index (χ4n) is 2.95. The molecule has 2 rings (SSSR count). The number of ether oxygens (including phenoxy) is 2. The summed E-state index contributed by atoms with van der Waals surface area (Å²) in [6.07, 6.45) is 2.65. The van der Waals surface area contributed by atoms with Gasteiger partial charge in [0.1, 0.15) is 6.61 Å². The van der Waals surface area contributed by atoms with Crippen LogP contribution in [0.4, 0.5) is 10.5 Å². The number of allylic oxidation sites excluding steroid dienone is 5. The highest BCUT2D eigenvalue weighted by Gasteiger charge is 2.17. The Bertz CT molecular complexity index is 1030. The van der Waals surface area contributed by atoms with Crippen LogP contribution in [0.5, 0.6) is 0 Å². The van der Waals surface area contributed by atoms with Gasteiger partial charge >= 0.3 is 6.09 Å². The van der Waals surface area contributed by atoms with Gasteiger partial charge in [0.05, 0.1) is 12.9 Å². The third-order valence-electron chi connectivity index (χ3n) is 4.51. The minimum absolute atomic E-state index is 0.231. The maximum absolute atomic E-state index is 13.1. The van der Waals surface area contributed by atoms with Crippen molar-refractivity contribution in [2.45, 2.75) is 20.5 Å². The predicted molar refractivity (Wildman–Crippen MR) is 124 cm³/mol. The molecule has 0 fully saturated rings. The molecule has 0 aliphatic heterocycles. The highest BCUT2D eigenvalue weighted by atomic mass is 35.5. The Morgan fingerprint density at radius 3 is 2.39 bits per heavy atom. The number of ketones is 1. The van der Waals surface area contributed by atoms with Crippen molar-refractivity contribution in [2.24, 2.45) is 0 Å². The molecule has 0 N–H and O–H groups in total. The monoisotopic (exact) mass is 439 g/mol. The van der Waals surface area contributed by atoms with E-state index in [2.05, 4.69) is 6.58 Å². The van der Waals surface area contributed by atoms with Crippen LogP contribution in [0.25, 0.3) is 0 Å². The Kier molecular flexibility index (Phi) is 8.64. The Labute approximate surface area is 188 Å². The fourth-order valence-corrected chi connectivity index (χ4v) is 3.07. The Balaban J connectivity index is 2.26. The molecule has 0 heterocycles. The summed E-state index contributed by atoms with van der Waals surface area (Å²) in [7, 11) is 2.92. The molecule has 0 aromatic heterocycles. The lowest BCUT2D eigenvalue weighted by Gasteiger charge is -2.18. The van der Waals surface area contributed by atoms with E-state index in [4.69, 9.17) is 21.1 Å². The zero-order valence-corrected chi connectivity index (χ0v) is 18.9. The van der Waals surface area contributed by atoms with Crippen LogP contribution in [0.2, 0.25) is 0 Å². The SMILES string of the molecule is C=C(Cl)/C=C(\C=C(/C)OCc1ccccc1)C(=O)c1ccc(N(C)C(=O)OC)c(C)c1. The summed E-state index contributed by atoms with van der Waals surface area (Å²) in [6, 6.07) is 14.8. The van der Waals surface area contributed by atoms with Gasteiger partial charge in [-0.25, -0.2) is 4.79 Å². The molecule has 31 heavy (non-hydrogen) atoms. The van der Waals surface area contributed by atoms with Gasteiger partial charge in [-0.1, -0.05) is 48.5 Å². The van der Waals surface area contributed by atoms with Gasteiger partial charge < -0.3 is 9.47 Å². The molecule has 0 aliphatic rings. The number of anilines is 1. The van der Waals surface area contributed by atoms with Crippen LogP contribution in [0, 0.1) is 6.92 Å². The van der Waals surface area contributed by atoms with Crippen molar-refractivity contribution < 1.29 is 19.1 Å². The summed E-state index contributed by atoms with van der Waals surface area (Å²) < 4.78 is 10.5. The number of aryl methyl sites for hydroxylation is 1. The molecule has 0 saturated carbocycles. The molecule has 2 aromatic carbocycles. The van der Waals surface area contributed by atoms with Crippen molar-refractivity contribution in [3.05, 3.63) is 100 Å². The molecule has 162 valence electrons. The second kappa shape index (κ2) is 11.2. The number of rotatable bonds is 8. The molecule has 0 saturated heterocycles. The molecule has 0 atom stereocenters. The Morgan fingerprint density at radius 1 is 1.13 bits per heavy atom. The van der Waals surface area contributed by atoms with Crippen LogP contribution in [0.3, 0.4) is 0 Å². The quantitative estimate of drug-likeness (QED) is 0.213. The maximum Gasteiger partial charge on any atom is 0.413 e. The van der Waals surface area contributed by atoms with E-state index in [1.165, 1.54) is 18.1 Å². The number of carbonyl (C=O) groups is 2. The van der Waals surface area contributed by atoms with Crippen LogP contribution < -0.4 is 4.90 Å². The van der Waals surface area contributed by atoms with Crippen LogP contribution in [0.1, 0.15) is 28.4 Å². The topological polar surface area (TPSA) is 55.8 Å².